The van der Waals surface area contributed by atoms with Gasteiger partial charge >= 0.3 is 0 Å². The number of rotatable bonds is 5. The molecule has 0 unspecified atom stereocenters. The maximum absolute atomic E-state index is 7.51. The van der Waals surface area contributed by atoms with Gasteiger partial charge in [-0.25, -0.2) is 4.85 Å². The molecule has 0 amide bonds. The van der Waals surface area contributed by atoms with Crippen molar-refractivity contribution in [1.82, 2.24) is 14.8 Å². The Morgan fingerprint density at radius 3 is 1.63 bits per heavy atom. The van der Waals surface area contributed by atoms with Crippen molar-refractivity contribution in [2.75, 3.05) is 0 Å². The van der Waals surface area contributed by atoms with Crippen LogP contribution in [0.5, 0.6) is 0 Å². The first-order valence-electron chi connectivity index (χ1n) is 12.5. The quantitative estimate of drug-likeness (QED) is 0.227. The Morgan fingerprint density at radius 1 is 0.553 bits per heavy atom. The van der Waals surface area contributed by atoms with Crippen LogP contribution in [0.2, 0.25) is 0 Å². The third-order valence-corrected chi connectivity index (χ3v) is 6.67. The average Bonchev–Trinajstić information content (AvgIpc) is 3.38. The van der Waals surface area contributed by atoms with Crippen LogP contribution in [0.3, 0.4) is 0 Å². The zero-order chi connectivity index (χ0) is 25.9. The Labute approximate surface area is 222 Å². The van der Waals surface area contributed by atoms with E-state index in [1.165, 1.54) is 0 Å². The number of nitrogens with zero attached hydrogens (tertiary/aromatic N) is 4. The minimum Gasteiger partial charge on any atom is -0.278 e. The third-order valence-electron chi connectivity index (χ3n) is 6.67. The first kappa shape index (κ1) is 23.1. The van der Waals surface area contributed by atoms with Gasteiger partial charge in [-0.05, 0) is 47.4 Å². The molecule has 0 aliphatic heterocycles. The van der Waals surface area contributed by atoms with E-state index in [0.717, 1.165) is 50.5 Å². The Hall–Kier alpha value is -5.27. The highest BCUT2D eigenvalue weighted by Gasteiger charge is 2.22. The van der Waals surface area contributed by atoms with E-state index < -0.39 is 0 Å². The van der Waals surface area contributed by atoms with E-state index >= 15 is 0 Å². The molecule has 0 saturated heterocycles. The second kappa shape index (κ2) is 10.0. The van der Waals surface area contributed by atoms with Crippen LogP contribution in [-0.4, -0.2) is 14.8 Å². The number of hydrogen-bond acceptors (Lipinski definition) is 2. The summed E-state index contributed by atoms with van der Waals surface area (Å²) in [5, 5.41) is 9.11. The van der Waals surface area contributed by atoms with Gasteiger partial charge < -0.3 is 0 Å². The van der Waals surface area contributed by atoms with Gasteiger partial charge in [0.15, 0.2) is 11.5 Å². The molecule has 0 radical (unpaired) electrons. The fourth-order valence-corrected chi connectivity index (χ4v) is 4.88. The standard InChI is InChI=1S/C34H24N4/c1-24-36-37-34(28-19-12-20-30(21-28)35-2)38(24)33-31(26-15-8-4-9-16-26)22-29(25-13-6-3-7-14-25)23-32(33)27-17-10-5-11-18-27/h3-23H,1H3. The van der Waals surface area contributed by atoms with E-state index in [2.05, 4.69) is 105 Å². The van der Waals surface area contributed by atoms with E-state index in [4.69, 9.17) is 6.57 Å². The average molecular weight is 489 g/mol. The topological polar surface area (TPSA) is 35.1 Å². The Balaban J connectivity index is 1.73. The summed E-state index contributed by atoms with van der Waals surface area (Å²) in [6.07, 6.45) is 0. The highest BCUT2D eigenvalue weighted by atomic mass is 15.3. The van der Waals surface area contributed by atoms with Crippen LogP contribution >= 0.6 is 0 Å². The van der Waals surface area contributed by atoms with Gasteiger partial charge in [-0.2, -0.15) is 0 Å². The van der Waals surface area contributed by atoms with Crippen molar-refractivity contribution in [3.63, 3.8) is 0 Å². The van der Waals surface area contributed by atoms with Crippen LogP contribution < -0.4 is 0 Å². The first-order chi connectivity index (χ1) is 18.7. The Bertz CT molecular complexity index is 1700. The van der Waals surface area contributed by atoms with Crippen molar-refractivity contribution in [3.05, 3.63) is 145 Å². The molecule has 38 heavy (non-hydrogen) atoms. The molecule has 1 heterocycles. The summed E-state index contributed by atoms with van der Waals surface area (Å²) in [4.78, 5) is 3.63. The summed E-state index contributed by atoms with van der Waals surface area (Å²) >= 11 is 0. The van der Waals surface area contributed by atoms with Crippen LogP contribution in [0, 0.1) is 13.5 Å². The molecule has 0 fully saturated rings. The number of benzene rings is 5. The molecule has 5 aromatic carbocycles. The molecule has 4 nitrogen and oxygen atoms in total. The van der Waals surface area contributed by atoms with Gasteiger partial charge in [0.05, 0.1) is 12.3 Å². The third kappa shape index (κ3) is 4.27. The summed E-state index contributed by atoms with van der Waals surface area (Å²) in [5.41, 5.74) is 9.08. The molecular weight excluding hydrogens is 464 g/mol. The molecule has 0 saturated carbocycles. The van der Waals surface area contributed by atoms with E-state index in [1.54, 1.807) is 0 Å². The molecule has 6 rings (SSSR count). The van der Waals surface area contributed by atoms with Crippen LogP contribution in [0.15, 0.2) is 127 Å². The molecule has 0 aliphatic rings. The zero-order valence-corrected chi connectivity index (χ0v) is 20.9. The van der Waals surface area contributed by atoms with Crippen molar-refractivity contribution in [2.24, 2.45) is 0 Å². The minimum absolute atomic E-state index is 0.570. The molecule has 4 heteroatoms. The summed E-state index contributed by atoms with van der Waals surface area (Å²) in [7, 11) is 0. The number of aryl methyl sites for hydroxylation is 1. The van der Waals surface area contributed by atoms with Crippen molar-refractivity contribution < 1.29 is 0 Å². The normalized spacial score (nSPS) is 10.7. The predicted molar refractivity (Wildman–Crippen MR) is 154 cm³/mol. The van der Waals surface area contributed by atoms with E-state index in [-0.39, 0.29) is 0 Å². The molecule has 0 N–H and O–H groups in total. The van der Waals surface area contributed by atoms with Gasteiger partial charge in [-0.3, -0.25) is 4.57 Å². The maximum Gasteiger partial charge on any atom is 0.187 e. The maximum atomic E-state index is 7.51. The molecule has 0 atom stereocenters. The van der Waals surface area contributed by atoms with Gasteiger partial charge in [0, 0.05) is 16.7 Å². The van der Waals surface area contributed by atoms with E-state index in [0.29, 0.717) is 11.5 Å². The lowest BCUT2D eigenvalue weighted by Crippen LogP contribution is -2.05. The van der Waals surface area contributed by atoms with Crippen molar-refractivity contribution in [3.8, 4) is 50.5 Å². The summed E-state index contributed by atoms with van der Waals surface area (Å²) in [6, 6.07) is 43.4. The SMILES string of the molecule is [C-]#[N+]c1cccc(-c2nnc(C)n2-c2c(-c3ccccc3)cc(-c3ccccc3)cc2-c2ccccc2)c1. The molecule has 1 aromatic heterocycles. The fourth-order valence-electron chi connectivity index (χ4n) is 4.88. The van der Waals surface area contributed by atoms with Crippen LogP contribution in [-0.2, 0) is 0 Å². The van der Waals surface area contributed by atoms with Gasteiger partial charge in [-0.1, -0.05) is 109 Å². The second-order valence-electron chi connectivity index (χ2n) is 9.09. The van der Waals surface area contributed by atoms with Crippen molar-refractivity contribution >= 4 is 5.69 Å². The fraction of sp³-hybridized carbons (Fsp3) is 0.0294. The molecule has 0 spiro atoms. The highest BCUT2D eigenvalue weighted by molar-refractivity contribution is 5.91. The van der Waals surface area contributed by atoms with Gasteiger partial charge in [0.25, 0.3) is 0 Å². The minimum atomic E-state index is 0.570. The lowest BCUT2D eigenvalue weighted by molar-refractivity contribution is 0.974. The lowest BCUT2D eigenvalue weighted by atomic mass is 9.90. The highest BCUT2D eigenvalue weighted by Crippen LogP contribution is 2.41. The second-order valence-corrected chi connectivity index (χ2v) is 9.09. The monoisotopic (exact) mass is 488 g/mol. The Kier molecular flexibility index (Phi) is 6.09. The van der Waals surface area contributed by atoms with Crippen molar-refractivity contribution in [1.29, 1.82) is 0 Å². The molecule has 6 aromatic rings. The summed E-state index contributed by atoms with van der Waals surface area (Å²) in [6.45, 7) is 9.48. The largest absolute Gasteiger partial charge is 0.278 e. The first-order valence-corrected chi connectivity index (χ1v) is 12.5. The van der Waals surface area contributed by atoms with Gasteiger partial charge in [0.1, 0.15) is 5.82 Å². The lowest BCUT2D eigenvalue weighted by Gasteiger charge is -2.21. The van der Waals surface area contributed by atoms with Crippen LogP contribution in [0.4, 0.5) is 5.69 Å². The molecule has 0 aliphatic carbocycles. The summed E-state index contributed by atoms with van der Waals surface area (Å²) in [5.74, 6) is 1.48. The predicted octanol–water partition coefficient (Wildman–Crippen LogP) is 8.79. The van der Waals surface area contributed by atoms with E-state index in [9.17, 15) is 0 Å². The van der Waals surface area contributed by atoms with E-state index in [1.807, 2.05) is 49.4 Å². The Morgan fingerprint density at radius 2 is 1.08 bits per heavy atom. The summed E-state index contributed by atoms with van der Waals surface area (Å²) < 4.78 is 2.13. The van der Waals surface area contributed by atoms with Crippen LogP contribution in [0.25, 0.3) is 55.3 Å². The number of hydrogen-bond donors (Lipinski definition) is 0. The molecule has 0 bridgehead atoms. The van der Waals surface area contributed by atoms with Crippen LogP contribution in [0.1, 0.15) is 5.82 Å². The zero-order valence-electron chi connectivity index (χ0n) is 20.9. The van der Waals surface area contributed by atoms with Crippen molar-refractivity contribution in [2.45, 2.75) is 6.92 Å². The van der Waals surface area contributed by atoms with Gasteiger partial charge in [-0.15, -0.1) is 10.2 Å². The van der Waals surface area contributed by atoms with Gasteiger partial charge in [0.2, 0.25) is 0 Å². The number of aromatic nitrogens is 3. The molecular formula is C34H24N4. The molecule has 180 valence electrons. The smallest absolute Gasteiger partial charge is 0.187 e.